The largest absolute Gasteiger partial charge is 0.506 e. The number of halogens is 4. The third-order valence-corrected chi connectivity index (χ3v) is 6.41. The minimum absolute atomic E-state index is 0.00920. The van der Waals surface area contributed by atoms with Crippen molar-refractivity contribution in [2.24, 2.45) is 5.10 Å². The zero-order chi connectivity index (χ0) is 27.4. The van der Waals surface area contributed by atoms with E-state index in [1.54, 1.807) is 12.1 Å². The number of fused-ring (bicyclic) bond motifs is 1. The number of aromatic hydroxyl groups is 1. The summed E-state index contributed by atoms with van der Waals surface area (Å²) in [5.41, 5.74) is 4.01. The SMILES string of the molecule is O=C(N/N=C/c1ccc(CC(=O)N2CCC(NC(=O)C(F)(F)F)C2)c2ccccc12)c1ccc(O)c(Cl)c1. The fourth-order valence-electron chi connectivity index (χ4n) is 4.17. The van der Waals surface area contributed by atoms with E-state index >= 15 is 0 Å². The van der Waals surface area contributed by atoms with Crippen LogP contribution in [-0.4, -0.2) is 59.3 Å². The number of alkyl halides is 3. The van der Waals surface area contributed by atoms with Gasteiger partial charge in [0.25, 0.3) is 5.91 Å². The Kier molecular flexibility index (Phi) is 7.86. The smallest absolute Gasteiger partial charge is 0.471 e. The van der Waals surface area contributed by atoms with Crippen molar-refractivity contribution in [3.63, 3.8) is 0 Å². The normalized spacial score (nSPS) is 15.7. The number of hydrogen-bond donors (Lipinski definition) is 3. The van der Waals surface area contributed by atoms with Gasteiger partial charge in [-0.1, -0.05) is 48.0 Å². The van der Waals surface area contributed by atoms with E-state index in [1.807, 2.05) is 29.6 Å². The molecule has 0 radical (unpaired) electrons. The maximum absolute atomic E-state index is 12.9. The first-order valence-corrected chi connectivity index (χ1v) is 11.9. The molecule has 0 spiro atoms. The summed E-state index contributed by atoms with van der Waals surface area (Å²) in [4.78, 5) is 37.8. The number of carbonyl (C=O) groups excluding carboxylic acids is 3. The summed E-state index contributed by atoms with van der Waals surface area (Å²) in [6.45, 7) is 0.255. The number of phenolic OH excluding ortho intramolecular Hbond substituents is 1. The van der Waals surface area contributed by atoms with Gasteiger partial charge < -0.3 is 15.3 Å². The van der Waals surface area contributed by atoms with Crippen LogP contribution in [0.3, 0.4) is 0 Å². The predicted octanol–water partition coefficient (Wildman–Crippen LogP) is 3.78. The summed E-state index contributed by atoms with van der Waals surface area (Å²) >= 11 is 5.84. The van der Waals surface area contributed by atoms with Crippen molar-refractivity contribution in [2.45, 2.75) is 25.1 Å². The molecule has 38 heavy (non-hydrogen) atoms. The molecule has 3 aromatic carbocycles. The first-order valence-electron chi connectivity index (χ1n) is 11.5. The fraction of sp³-hybridized carbons (Fsp3) is 0.231. The Hall–Kier alpha value is -4.12. The number of phenols is 1. The van der Waals surface area contributed by atoms with Crippen LogP contribution in [0, 0.1) is 0 Å². The van der Waals surface area contributed by atoms with E-state index in [1.165, 1.54) is 29.3 Å². The Labute approximate surface area is 220 Å². The zero-order valence-electron chi connectivity index (χ0n) is 19.8. The molecule has 0 saturated carbocycles. The minimum Gasteiger partial charge on any atom is -0.506 e. The van der Waals surface area contributed by atoms with Crippen molar-refractivity contribution in [3.8, 4) is 5.75 Å². The molecule has 198 valence electrons. The maximum Gasteiger partial charge on any atom is 0.471 e. The summed E-state index contributed by atoms with van der Waals surface area (Å²) in [5, 5.41) is 17.0. The average molecular weight is 547 g/mol. The molecule has 0 aliphatic carbocycles. The summed E-state index contributed by atoms with van der Waals surface area (Å²) in [7, 11) is 0. The molecule has 3 N–H and O–H groups in total. The van der Waals surface area contributed by atoms with Gasteiger partial charge in [0.1, 0.15) is 5.75 Å². The number of carbonyl (C=O) groups is 3. The van der Waals surface area contributed by atoms with E-state index in [4.69, 9.17) is 11.6 Å². The average Bonchev–Trinajstić information content (AvgIpc) is 3.35. The number of amides is 3. The molecule has 1 atom stereocenters. The Bertz CT molecular complexity index is 1430. The number of hydrazone groups is 1. The van der Waals surface area contributed by atoms with E-state index < -0.39 is 24.0 Å². The van der Waals surface area contributed by atoms with Crippen molar-refractivity contribution in [1.82, 2.24) is 15.6 Å². The first-order chi connectivity index (χ1) is 18.0. The van der Waals surface area contributed by atoms with Gasteiger partial charge in [-0.25, -0.2) is 5.43 Å². The van der Waals surface area contributed by atoms with Gasteiger partial charge in [0.2, 0.25) is 5.91 Å². The molecule has 1 saturated heterocycles. The number of benzene rings is 3. The number of rotatable bonds is 6. The number of nitrogens with zero attached hydrogens (tertiary/aromatic N) is 2. The van der Waals surface area contributed by atoms with Gasteiger partial charge in [-0.05, 0) is 41.0 Å². The van der Waals surface area contributed by atoms with E-state index in [9.17, 15) is 32.7 Å². The quantitative estimate of drug-likeness (QED) is 0.323. The number of hydrogen-bond acceptors (Lipinski definition) is 5. The van der Waals surface area contributed by atoms with Gasteiger partial charge in [-0.3, -0.25) is 14.4 Å². The van der Waals surface area contributed by atoms with Crippen LogP contribution in [-0.2, 0) is 16.0 Å². The second kappa shape index (κ2) is 11.1. The Morgan fingerprint density at radius 3 is 2.55 bits per heavy atom. The standard InChI is InChI=1S/C26H22ClF3N4O4/c27-21-11-16(7-8-22(21)35)24(37)33-31-13-17-6-5-15(19-3-1-2-4-20(17)19)12-23(36)34-10-9-18(14-34)32-25(38)26(28,29)30/h1-8,11,13,18,35H,9-10,12,14H2,(H,32,38)(H,33,37)/b31-13+. The molecule has 1 heterocycles. The van der Waals surface area contributed by atoms with E-state index in [0.717, 1.165) is 10.8 Å². The topological polar surface area (TPSA) is 111 Å². The number of nitrogens with one attached hydrogen (secondary N) is 2. The second-order valence-corrected chi connectivity index (χ2v) is 9.11. The van der Waals surface area contributed by atoms with Crippen LogP contribution in [0.2, 0.25) is 5.02 Å². The van der Waals surface area contributed by atoms with Crippen LogP contribution in [0.4, 0.5) is 13.2 Å². The van der Waals surface area contributed by atoms with Crippen LogP contribution >= 0.6 is 11.6 Å². The lowest BCUT2D eigenvalue weighted by molar-refractivity contribution is -0.174. The highest BCUT2D eigenvalue weighted by Crippen LogP contribution is 2.25. The first kappa shape index (κ1) is 26.9. The molecule has 1 unspecified atom stereocenters. The molecular formula is C26H22ClF3N4O4. The molecule has 1 aliphatic rings. The lowest BCUT2D eigenvalue weighted by Crippen LogP contribution is -2.44. The molecule has 1 fully saturated rings. The Balaban J connectivity index is 1.43. The summed E-state index contributed by atoms with van der Waals surface area (Å²) in [6.07, 6.45) is -3.24. The molecule has 8 nitrogen and oxygen atoms in total. The molecule has 3 amide bonds. The lowest BCUT2D eigenvalue weighted by atomic mass is 9.98. The zero-order valence-corrected chi connectivity index (χ0v) is 20.5. The van der Waals surface area contributed by atoms with Gasteiger partial charge in [0.15, 0.2) is 0 Å². The van der Waals surface area contributed by atoms with E-state index in [0.29, 0.717) is 11.1 Å². The van der Waals surface area contributed by atoms with Crippen molar-refractivity contribution in [2.75, 3.05) is 13.1 Å². The highest BCUT2D eigenvalue weighted by Gasteiger charge is 2.41. The Morgan fingerprint density at radius 1 is 1.11 bits per heavy atom. The van der Waals surface area contributed by atoms with Crippen LogP contribution in [0.1, 0.15) is 27.9 Å². The lowest BCUT2D eigenvalue weighted by Gasteiger charge is -2.18. The van der Waals surface area contributed by atoms with Crippen LogP contribution in [0.25, 0.3) is 10.8 Å². The molecule has 3 aromatic rings. The van der Waals surface area contributed by atoms with Gasteiger partial charge >= 0.3 is 12.1 Å². The van der Waals surface area contributed by atoms with Crippen molar-refractivity contribution in [3.05, 3.63) is 76.3 Å². The molecule has 4 rings (SSSR count). The molecule has 0 aromatic heterocycles. The van der Waals surface area contributed by atoms with Crippen molar-refractivity contribution >= 4 is 46.3 Å². The van der Waals surface area contributed by atoms with Crippen molar-refractivity contribution in [1.29, 1.82) is 0 Å². The highest BCUT2D eigenvalue weighted by molar-refractivity contribution is 6.32. The summed E-state index contributed by atoms with van der Waals surface area (Å²) in [5.74, 6) is -2.94. The van der Waals surface area contributed by atoms with E-state index in [2.05, 4.69) is 10.5 Å². The monoisotopic (exact) mass is 546 g/mol. The summed E-state index contributed by atoms with van der Waals surface area (Å²) < 4.78 is 37.5. The molecular weight excluding hydrogens is 525 g/mol. The third kappa shape index (κ3) is 6.23. The summed E-state index contributed by atoms with van der Waals surface area (Å²) in [6, 6.07) is 14.1. The van der Waals surface area contributed by atoms with E-state index in [-0.39, 0.29) is 48.2 Å². The van der Waals surface area contributed by atoms with Crippen molar-refractivity contribution < 1.29 is 32.7 Å². The van der Waals surface area contributed by atoms with Crippen LogP contribution in [0.15, 0.2) is 59.7 Å². The minimum atomic E-state index is -4.97. The molecule has 0 bridgehead atoms. The third-order valence-electron chi connectivity index (χ3n) is 6.10. The predicted molar refractivity (Wildman–Crippen MR) is 135 cm³/mol. The molecule has 12 heteroatoms. The Morgan fingerprint density at radius 2 is 1.84 bits per heavy atom. The van der Waals surface area contributed by atoms with Gasteiger partial charge in [0.05, 0.1) is 17.7 Å². The van der Waals surface area contributed by atoms with Gasteiger partial charge in [0, 0.05) is 30.3 Å². The molecule has 1 aliphatic heterocycles. The fourth-order valence-corrected chi connectivity index (χ4v) is 4.35. The van der Waals surface area contributed by atoms with Crippen LogP contribution < -0.4 is 10.7 Å². The second-order valence-electron chi connectivity index (χ2n) is 8.70. The maximum atomic E-state index is 12.9. The van der Waals surface area contributed by atoms with Gasteiger partial charge in [-0.2, -0.15) is 18.3 Å². The van der Waals surface area contributed by atoms with Gasteiger partial charge in [-0.15, -0.1) is 0 Å². The highest BCUT2D eigenvalue weighted by atomic mass is 35.5. The number of likely N-dealkylation sites (tertiary alicyclic amines) is 1. The van der Waals surface area contributed by atoms with Crippen LogP contribution in [0.5, 0.6) is 5.75 Å².